The van der Waals surface area contributed by atoms with E-state index in [4.69, 9.17) is 23.1 Å². The smallest absolute Gasteiger partial charge is 0.258 e. The summed E-state index contributed by atoms with van der Waals surface area (Å²) < 4.78 is 15.5. The molecule has 4 N–H and O–H groups in total. The van der Waals surface area contributed by atoms with E-state index < -0.39 is 5.82 Å². The number of nitrogens with zero attached hydrogens (tertiary/aromatic N) is 4. The lowest BCUT2D eigenvalue weighted by Crippen LogP contribution is -2.59. The van der Waals surface area contributed by atoms with Crippen molar-refractivity contribution in [2.24, 2.45) is 16.9 Å². The molecule has 1 amide bonds. The number of carbonyl (C=O) groups excluding carboxylic acids is 1. The summed E-state index contributed by atoms with van der Waals surface area (Å²) in [6.45, 7) is 8.93. The molecule has 1 aromatic heterocycles. The van der Waals surface area contributed by atoms with Crippen LogP contribution in [-0.4, -0.2) is 58.9 Å². The quantitative estimate of drug-likeness (QED) is 0.570. The van der Waals surface area contributed by atoms with Crippen molar-refractivity contribution in [3.05, 3.63) is 76.7 Å². The Morgan fingerprint density at radius 3 is 2.47 bits per heavy atom. The van der Waals surface area contributed by atoms with Crippen molar-refractivity contribution in [3.63, 3.8) is 0 Å². The van der Waals surface area contributed by atoms with E-state index in [1.165, 1.54) is 18.6 Å². The standard InChI is InChI=1S/C27H32ClFN6O/c1-4-22-23(18(13-30)6-5-17(2)31)25(33-16-32-22)19-11-20(28)24(21(29)12-19)26(36)35-9-7-27(8-10-35)14-34(3)15-27/h5-6,11-13,16H,2,4,7-10,14-15,30-31H2,1,3H3/b6-5-,18-13+. The summed E-state index contributed by atoms with van der Waals surface area (Å²) >= 11 is 6.54. The first-order valence-electron chi connectivity index (χ1n) is 12.0. The lowest BCUT2D eigenvalue weighted by Gasteiger charge is -2.52. The van der Waals surface area contributed by atoms with Gasteiger partial charge in [-0.05, 0) is 49.9 Å². The largest absolute Gasteiger partial charge is 0.404 e. The molecule has 2 saturated heterocycles. The monoisotopic (exact) mass is 510 g/mol. The molecule has 2 aromatic rings. The molecule has 0 radical (unpaired) electrons. The van der Waals surface area contributed by atoms with Gasteiger partial charge in [0, 0.05) is 54.8 Å². The first-order valence-corrected chi connectivity index (χ1v) is 12.4. The molecule has 1 aromatic carbocycles. The molecule has 36 heavy (non-hydrogen) atoms. The van der Waals surface area contributed by atoms with Crippen molar-refractivity contribution in [3.8, 4) is 11.3 Å². The third-order valence-electron chi connectivity index (χ3n) is 7.06. The third-order valence-corrected chi connectivity index (χ3v) is 7.36. The summed E-state index contributed by atoms with van der Waals surface area (Å²) in [5.41, 5.74) is 15.0. The van der Waals surface area contributed by atoms with Gasteiger partial charge >= 0.3 is 0 Å². The van der Waals surface area contributed by atoms with Crippen molar-refractivity contribution in [1.29, 1.82) is 0 Å². The highest BCUT2D eigenvalue weighted by Crippen LogP contribution is 2.40. The van der Waals surface area contributed by atoms with Crippen molar-refractivity contribution in [1.82, 2.24) is 19.8 Å². The molecule has 2 aliphatic rings. The number of carbonyl (C=O) groups is 1. The Kier molecular flexibility index (Phi) is 7.47. The average Bonchev–Trinajstić information content (AvgIpc) is 2.83. The molecular weight excluding hydrogens is 479 g/mol. The Morgan fingerprint density at radius 2 is 1.92 bits per heavy atom. The number of halogens is 2. The highest BCUT2D eigenvalue weighted by atomic mass is 35.5. The second kappa shape index (κ2) is 10.4. The van der Waals surface area contributed by atoms with Crippen molar-refractivity contribution >= 4 is 23.1 Å². The van der Waals surface area contributed by atoms with Gasteiger partial charge in [0.2, 0.25) is 0 Å². The fourth-order valence-electron chi connectivity index (χ4n) is 5.30. The molecule has 9 heteroatoms. The average molecular weight is 511 g/mol. The fraction of sp³-hybridized carbons (Fsp3) is 0.370. The van der Waals surface area contributed by atoms with E-state index in [2.05, 4.69) is 28.5 Å². The number of hydrogen-bond donors (Lipinski definition) is 2. The molecule has 0 atom stereocenters. The maximum absolute atomic E-state index is 15.5. The normalized spacial score (nSPS) is 18.0. The maximum Gasteiger partial charge on any atom is 0.258 e. The highest BCUT2D eigenvalue weighted by Gasteiger charge is 2.44. The zero-order valence-electron chi connectivity index (χ0n) is 20.7. The molecule has 190 valence electrons. The molecule has 3 heterocycles. The van der Waals surface area contributed by atoms with Crippen LogP contribution in [0.1, 0.15) is 41.4 Å². The number of rotatable bonds is 6. The van der Waals surface area contributed by atoms with Crippen molar-refractivity contribution in [2.75, 3.05) is 33.2 Å². The van der Waals surface area contributed by atoms with E-state index >= 15 is 4.39 Å². The SMILES string of the molecule is C=C(N)/C=C\C(=C/N)c1c(CC)ncnc1-c1cc(F)c(C(=O)N2CCC3(CC2)CN(C)C3)c(Cl)c1. The first kappa shape index (κ1) is 25.9. The summed E-state index contributed by atoms with van der Waals surface area (Å²) in [5, 5.41) is 0.0467. The van der Waals surface area contributed by atoms with Crippen LogP contribution in [0.25, 0.3) is 16.8 Å². The van der Waals surface area contributed by atoms with Crippen LogP contribution in [-0.2, 0) is 6.42 Å². The van der Waals surface area contributed by atoms with E-state index in [0.717, 1.165) is 31.6 Å². The van der Waals surface area contributed by atoms with Gasteiger partial charge in [-0.25, -0.2) is 14.4 Å². The molecular formula is C27H32ClFN6O. The van der Waals surface area contributed by atoms with Crippen LogP contribution in [0, 0.1) is 11.2 Å². The van der Waals surface area contributed by atoms with E-state index in [-0.39, 0.29) is 21.9 Å². The van der Waals surface area contributed by atoms with E-state index in [1.54, 1.807) is 23.1 Å². The van der Waals surface area contributed by atoms with Gasteiger partial charge in [0.15, 0.2) is 0 Å². The zero-order valence-corrected chi connectivity index (χ0v) is 21.5. The van der Waals surface area contributed by atoms with Crippen LogP contribution in [0.4, 0.5) is 4.39 Å². The van der Waals surface area contributed by atoms with Gasteiger partial charge in [-0.1, -0.05) is 31.2 Å². The number of hydrogen-bond acceptors (Lipinski definition) is 6. The Labute approximate surface area is 216 Å². The predicted molar refractivity (Wildman–Crippen MR) is 142 cm³/mol. The Balaban J connectivity index is 1.67. The molecule has 0 aliphatic carbocycles. The Hall–Kier alpha value is -3.23. The number of aromatic nitrogens is 2. The Morgan fingerprint density at radius 1 is 1.22 bits per heavy atom. The number of allylic oxidation sites excluding steroid dienone is 3. The third kappa shape index (κ3) is 5.01. The van der Waals surface area contributed by atoms with Gasteiger partial charge in [0.1, 0.15) is 12.1 Å². The number of benzene rings is 1. The second-order valence-corrected chi connectivity index (χ2v) is 10.1. The van der Waals surface area contributed by atoms with Gasteiger partial charge in [0.05, 0.1) is 22.0 Å². The molecule has 2 aliphatic heterocycles. The van der Waals surface area contributed by atoms with Crippen molar-refractivity contribution in [2.45, 2.75) is 26.2 Å². The number of piperidine rings is 1. The maximum atomic E-state index is 15.5. The summed E-state index contributed by atoms with van der Waals surface area (Å²) in [6.07, 6.45) is 8.60. The predicted octanol–water partition coefficient (Wildman–Crippen LogP) is 3.99. The van der Waals surface area contributed by atoms with E-state index in [1.807, 2.05) is 6.92 Å². The van der Waals surface area contributed by atoms with Crippen LogP contribution in [0.15, 0.2) is 49.1 Å². The number of aryl methyl sites for hydroxylation is 1. The lowest BCUT2D eigenvalue weighted by molar-refractivity contribution is -0.0269. The minimum atomic E-state index is -0.682. The molecule has 1 spiro atoms. The van der Waals surface area contributed by atoms with Crippen LogP contribution in [0.5, 0.6) is 0 Å². The van der Waals surface area contributed by atoms with Crippen LogP contribution in [0.3, 0.4) is 0 Å². The van der Waals surface area contributed by atoms with Gasteiger partial charge < -0.3 is 21.3 Å². The minimum Gasteiger partial charge on any atom is -0.404 e. The summed E-state index contributed by atoms with van der Waals surface area (Å²) in [4.78, 5) is 26.0. The number of amides is 1. The topological polar surface area (TPSA) is 101 Å². The lowest BCUT2D eigenvalue weighted by atomic mass is 9.72. The first-order chi connectivity index (χ1) is 17.2. The molecule has 2 fully saturated rings. The molecule has 0 bridgehead atoms. The molecule has 4 rings (SSSR count). The molecule has 7 nitrogen and oxygen atoms in total. The highest BCUT2D eigenvalue weighted by molar-refractivity contribution is 6.34. The van der Waals surface area contributed by atoms with E-state index in [9.17, 15) is 4.79 Å². The van der Waals surface area contributed by atoms with Gasteiger partial charge in [-0.2, -0.15) is 0 Å². The zero-order chi connectivity index (χ0) is 26.0. The van der Waals surface area contributed by atoms with Gasteiger partial charge in [0.25, 0.3) is 5.91 Å². The Bertz CT molecular complexity index is 1220. The van der Waals surface area contributed by atoms with Crippen LogP contribution >= 0.6 is 11.6 Å². The van der Waals surface area contributed by atoms with Crippen molar-refractivity contribution < 1.29 is 9.18 Å². The van der Waals surface area contributed by atoms with Crippen LogP contribution in [0.2, 0.25) is 5.02 Å². The number of nitrogens with two attached hydrogens (primary N) is 2. The van der Waals surface area contributed by atoms with E-state index in [0.29, 0.717) is 47.6 Å². The summed E-state index contributed by atoms with van der Waals surface area (Å²) in [6, 6.07) is 2.88. The fourth-order valence-corrected chi connectivity index (χ4v) is 5.59. The van der Waals surface area contributed by atoms with Gasteiger partial charge in [-0.15, -0.1) is 0 Å². The summed E-state index contributed by atoms with van der Waals surface area (Å²) in [5.74, 6) is -1.06. The minimum absolute atomic E-state index is 0.0467. The summed E-state index contributed by atoms with van der Waals surface area (Å²) in [7, 11) is 2.10. The second-order valence-electron chi connectivity index (χ2n) is 9.71. The molecule has 0 saturated carbocycles. The molecule has 0 unspecified atom stereocenters. The van der Waals surface area contributed by atoms with Gasteiger partial charge in [-0.3, -0.25) is 4.79 Å². The number of likely N-dealkylation sites (tertiary alicyclic amines) is 2. The van der Waals surface area contributed by atoms with Crippen LogP contribution < -0.4 is 11.5 Å².